The number of carbonyl (C=O) groups excluding carboxylic acids is 1. The molecular formula is C4H9NNaO6P. The van der Waals surface area contributed by atoms with Crippen molar-refractivity contribution in [1.82, 2.24) is 5.06 Å². The van der Waals surface area contributed by atoms with Gasteiger partial charge in [0.15, 0.2) is 0 Å². The van der Waals surface area contributed by atoms with Crippen LogP contribution in [0.2, 0.25) is 0 Å². The Labute approximate surface area is 96.8 Å². The summed E-state index contributed by atoms with van der Waals surface area (Å²) in [5.41, 5.74) is 0. The number of aliphatic hydroxyl groups excluding tert-OH is 1. The van der Waals surface area contributed by atoms with E-state index in [1.165, 1.54) is 0 Å². The molecule has 0 saturated carbocycles. The second kappa shape index (κ2) is 6.92. The molecule has 13 heavy (non-hydrogen) atoms. The van der Waals surface area contributed by atoms with Gasteiger partial charge in [0, 0.05) is 6.16 Å². The molecular weight excluding hydrogens is 212 g/mol. The van der Waals surface area contributed by atoms with Gasteiger partial charge >= 0.3 is 29.6 Å². The molecule has 7 nitrogen and oxygen atoms in total. The molecule has 3 N–H and O–H groups in total. The van der Waals surface area contributed by atoms with Gasteiger partial charge in [-0.15, -0.1) is 0 Å². The fraction of sp³-hybridized carbons (Fsp3) is 0.750. The van der Waals surface area contributed by atoms with Crippen LogP contribution in [0.5, 0.6) is 0 Å². The third kappa shape index (κ3) is 10.5. The minimum Gasteiger partial charge on any atom is -0.779 e. The number of rotatable bonds is 5. The summed E-state index contributed by atoms with van der Waals surface area (Å²) in [5.74, 6) is 0. The molecule has 2 atom stereocenters. The van der Waals surface area contributed by atoms with Gasteiger partial charge in [-0.25, -0.2) is 5.06 Å². The zero-order chi connectivity index (χ0) is 9.78. The van der Waals surface area contributed by atoms with E-state index >= 15 is 0 Å². The molecule has 2 unspecified atom stereocenters. The van der Waals surface area contributed by atoms with Gasteiger partial charge in [-0.1, -0.05) is 0 Å². The maximum Gasteiger partial charge on any atom is 1.00 e. The Kier molecular flexibility index (Phi) is 8.50. The molecule has 0 fully saturated rings. The van der Waals surface area contributed by atoms with Crippen molar-refractivity contribution < 1.29 is 59.0 Å². The summed E-state index contributed by atoms with van der Waals surface area (Å²) in [7, 11) is -4.54. The fourth-order valence-electron chi connectivity index (χ4n) is 0.583. The van der Waals surface area contributed by atoms with E-state index in [2.05, 4.69) is 0 Å². The van der Waals surface area contributed by atoms with Crippen LogP contribution in [0.15, 0.2) is 0 Å². The number of nitrogens with zero attached hydrogens (tertiary/aromatic N) is 1. The second-order valence-electron chi connectivity index (χ2n) is 2.20. The number of carbonyl (C=O) groups is 1. The van der Waals surface area contributed by atoms with Crippen molar-refractivity contribution in [3.63, 3.8) is 0 Å². The zero-order valence-electron chi connectivity index (χ0n) is 7.03. The third-order valence-corrected chi connectivity index (χ3v) is 1.84. The summed E-state index contributed by atoms with van der Waals surface area (Å²) in [4.78, 5) is 28.1. The standard InChI is InChI=1S/C4H10NO6P.Na/c6-3-5(8)1-4(7)2-12(9,10)11;/h3-4,7-8H,1-2H2,(H2,9,10,11);/q;+1/p-1. The Morgan fingerprint density at radius 1 is 1.62 bits per heavy atom. The van der Waals surface area contributed by atoms with E-state index in [9.17, 15) is 14.3 Å². The van der Waals surface area contributed by atoms with Crippen LogP contribution < -0.4 is 34.5 Å². The number of aliphatic hydroxyl groups is 1. The maximum absolute atomic E-state index is 10.1. The van der Waals surface area contributed by atoms with Crippen LogP contribution in [0.1, 0.15) is 0 Å². The molecule has 0 rings (SSSR count). The minimum atomic E-state index is -4.54. The van der Waals surface area contributed by atoms with Crippen molar-refractivity contribution >= 4 is 14.0 Å². The Bertz CT molecular complexity index is 195. The Morgan fingerprint density at radius 3 is 2.38 bits per heavy atom. The molecule has 0 saturated heterocycles. The minimum absolute atomic E-state index is 0. The monoisotopic (exact) mass is 221 g/mol. The van der Waals surface area contributed by atoms with Crippen molar-refractivity contribution in [3.8, 4) is 0 Å². The van der Waals surface area contributed by atoms with Gasteiger partial charge < -0.3 is 19.5 Å². The molecule has 1 amide bonds. The van der Waals surface area contributed by atoms with Gasteiger partial charge in [-0.05, 0) is 0 Å². The SMILES string of the molecule is O=CN(O)CC(O)CP(=O)([O-])O.[Na+]. The molecule has 9 heteroatoms. The Balaban J connectivity index is 0. The summed E-state index contributed by atoms with van der Waals surface area (Å²) >= 11 is 0. The van der Waals surface area contributed by atoms with Crippen molar-refractivity contribution in [2.45, 2.75) is 6.10 Å². The number of hydrogen-bond donors (Lipinski definition) is 3. The van der Waals surface area contributed by atoms with Crippen molar-refractivity contribution in [2.75, 3.05) is 12.7 Å². The maximum atomic E-state index is 10.1. The first-order valence-electron chi connectivity index (χ1n) is 2.97. The molecule has 0 aliphatic heterocycles. The van der Waals surface area contributed by atoms with Crippen LogP contribution in [0.3, 0.4) is 0 Å². The molecule has 0 aliphatic carbocycles. The predicted molar refractivity (Wildman–Crippen MR) is 35.3 cm³/mol. The summed E-state index contributed by atoms with van der Waals surface area (Å²) in [6.07, 6.45) is -2.37. The van der Waals surface area contributed by atoms with Gasteiger partial charge in [-0.2, -0.15) is 0 Å². The molecule has 72 valence electrons. The van der Waals surface area contributed by atoms with Crippen LogP contribution >= 0.6 is 7.60 Å². The Hall–Kier alpha value is 0.540. The van der Waals surface area contributed by atoms with E-state index in [-0.39, 0.29) is 41.0 Å². The van der Waals surface area contributed by atoms with Gasteiger partial charge in [0.25, 0.3) is 0 Å². The summed E-state index contributed by atoms with van der Waals surface area (Å²) in [6, 6.07) is 0. The third-order valence-electron chi connectivity index (χ3n) is 0.961. The first-order chi connectivity index (χ1) is 5.35. The molecule has 0 bridgehead atoms. The van der Waals surface area contributed by atoms with E-state index in [1.54, 1.807) is 0 Å². The fourth-order valence-corrected chi connectivity index (χ4v) is 1.23. The predicted octanol–water partition coefficient (Wildman–Crippen LogP) is -5.26. The van der Waals surface area contributed by atoms with Crippen LogP contribution in [-0.4, -0.2) is 45.5 Å². The second-order valence-corrected chi connectivity index (χ2v) is 3.84. The average molecular weight is 221 g/mol. The van der Waals surface area contributed by atoms with E-state index in [4.69, 9.17) is 15.2 Å². The van der Waals surface area contributed by atoms with E-state index in [0.717, 1.165) is 0 Å². The van der Waals surface area contributed by atoms with E-state index in [0.29, 0.717) is 0 Å². The number of hydrogen-bond acceptors (Lipinski definition) is 5. The molecule has 0 aromatic heterocycles. The summed E-state index contributed by atoms with van der Waals surface area (Å²) < 4.78 is 10.1. The van der Waals surface area contributed by atoms with Crippen molar-refractivity contribution in [2.24, 2.45) is 0 Å². The van der Waals surface area contributed by atoms with Gasteiger partial charge in [0.2, 0.25) is 6.41 Å². The largest absolute Gasteiger partial charge is 1.00 e. The smallest absolute Gasteiger partial charge is 0.779 e. The van der Waals surface area contributed by atoms with Gasteiger partial charge in [0.1, 0.15) is 7.60 Å². The van der Waals surface area contributed by atoms with Crippen LogP contribution in [0.25, 0.3) is 0 Å². The first-order valence-corrected chi connectivity index (χ1v) is 4.73. The molecule has 0 radical (unpaired) electrons. The number of hydroxylamine groups is 2. The van der Waals surface area contributed by atoms with E-state index < -0.39 is 26.4 Å². The average Bonchev–Trinajstić information content (AvgIpc) is 1.82. The normalized spacial score (nSPS) is 16.6. The van der Waals surface area contributed by atoms with Crippen LogP contribution in [0.4, 0.5) is 0 Å². The topological polar surface area (TPSA) is 121 Å². The van der Waals surface area contributed by atoms with E-state index in [1.807, 2.05) is 0 Å². The molecule has 0 aromatic carbocycles. The molecule has 0 aliphatic rings. The molecule has 0 spiro atoms. The van der Waals surface area contributed by atoms with Gasteiger partial charge in [0.05, 0.1) is 12.6 Å². The van der Waals surface area contributed by atoms with Crippen molar-refractivity contribution in [1.29, 1.82) is 0 Å². The first kappa shape index (κ1) is 16.0. The quantitative estimate of drug-likeness (QED) is 0.140. The Morgan fingerprint density at radius 2 is 2.08 bits per heavy atom. The van der Waals surface area contributed by atoms with Crippen LogP contribution in [-0.2, 0) is 9.36 Å². The number of amides is 1. The van der Waals surface area contributed by atoms with Crippen molar-refractivity contribution in [3.05, 3.63) is 0 Å². The molecule has 0 aromatic rings. The molecule has 0 heterocycles. The summed E-state index contributed by atoms with van der Waals surface area (Å²) in [6.45, 7) is -0.559. The van der Waals surface area contributed by atoms with Gasteiger partial charge in [-0.3, -0.25) is 10.0 Å². The summed E-state index contributed by atoms with van der Waals surface area (Å²) in [5, 5.41) is 17.3. The van der Waals surface area contributed by atoms with Crippen LogP contribution in [0, 0.1) is 0 Å². The zero-order valence-corrected chi connectivity index (χ0v) is 9.92.